The Balaban J connectivity index is 2.45. The molecule has 0 amide bonds. The van der Waals surface area contributed by atoms with Crippen molar-refractivity contribution in [3.63, 3.8) is 0 Å². The number of likely N-dealkylation sites (N-methyl/N-ethyl adjacent to an activating group) is 1. The number of carbonyl (C=O) groups is 2. The molecule has 0 aliphatic rings. The van der Waals surface area contributed by atoms with Crippen molar-refractivity contribution < 1.29 is 32.6 Å². The summed E-state index contributed by atoms with van der Waals surface area (Å²) in [6.07, 6.45) is 0. The lowest BCUT2D eigenvalue weighted by molar-refractivity contribution is -0.160. The molecule has 7 nitrogen and oxygen atoms in total. The summed E-state index contributed by atoms with van der Waals surface area (Å²) in [5.41, 5.74) is 1.87. The molecule has 0 bridgehead atoms. The molecule has 1 aromatic heterocycles. The van der Waals surface area contributed by atoms with Gasteiger partial charge in [0.15, 0.2) is 5.92 Å². The standard InChI is InChI=1S/C22H26F2N2O5/c1-14-10-16(11-18(25-14)31-22(23)24)17(19(20(27)29-3)21(28)30-4)13-26(2)12-15-8-6-5-7-9-15/h5-11,17,19,22H,12-13H2,1-4H3/t17-/m1/s1. The second-order valence-corrected chi connectivity index (χ2v) is 7.07. The van der Waals surface area contributed by atoms with Crippen LogP contribution in [0.4, 0.5) is 8.78 Å². The van der Waals surface area contributed by atoms with Crippen molar-refractivity contribution in [2.24, 2.45) is 5.92 Å². The summed E-state index contributed by atoms with van der Waals surface area (Å²) in [5.74, 6) is -3.91. The number of aromatic nitrogens is 1. The molecule has 1 atom stereocenters. The van der Waals surface area contributed by atoms with Gasteiger partial charge in [0.2, 0.25) is 5.88 Å². The normalized spacial score (nSPS) is 12.2. The molecule has 0 N–H and O–H groups in total. The first-order valence-corrected chi connectivity index (χ1v) is 9.56. The Morgan fingerprint density at radius 3 is 2.23 bits per heavy atom. The van der Waals surface area contributed by atoms with E-state index in [1.165, 1.54) is 20.3 Å². The van der Waals surface area contributed by atoms with E-state index in [0.717, 1.165) is 5.56 Å². The highest BCUT2D eigenvalue weighted by Gasteiger charge is 2.39. The molecule has 1 aromatic carbocycles. The molecule has 1 heterocycles. The SMILES string of the molecule is COC(=O)C(C(=O)OC)[C@H](CN(C)Cc1ccccc1)c1cc(C)nc(OC(F)F)c1. The summed E-state index contributed by atoms with van der Waals surface area (Å²) in [5, 5.41) is 0. The third-order valence-corrected chi connectivity index (χ3v) is 4.71. The van der Waals surface area contributed by atoms with Crippen LogP contribution in [-0.2, 0) is 25.6 Å². The predicted molar refractivity (Wildman–Crippen MR) is 109 cm³/mol. The highest BCUT2D eigenvalue weighted by atomic mass is 19.3. The first-order chi connectivity index (χ1) is 14.7. The van der Waals surface area contributed by atoms with Gasteiger partial charge < -0.3 is 19.1 Å². The average Bonchev–Trinajstić information content (AvgIpc) is 2.72. The van der Waals surface area contributed by atoms with Gasteiger partial charge in [-0.05, 0) is 31.2 Å². The van der Waals surface area contributed by atoms with Gasteiger partial charge in [-0.2, -0.15) is 8.78 Å². The van der Waals surface area contributed by atoms with E-state index in [-0.39, 0.29) is 12.4 Å². The number of ether oxygens (including phenoxy) is 3. The fourth-order valence-electron chi connectivity index (χ4n) is 3.41. The van der Waals surface area contributed by atoms with Crippen LogP contribution in [0.3, 0.4) is 0 Å². The van der Waals surface area contributed by atoms with Crippen LogP contribution in [-0.4, -0.2) is 56.2 Å². The maximum atomic E-state index is 12.7. The van der Waals surface area contributed by atoms with E-state index >= 15 is 0 Å². The number of carbonyl (C=O) groups excluding carboxylic acids is 2. The summed E-state index contributed by atoms with van der Waals surface area (Å²) in [4.78, 5) is 30.9. The number of rotatable bonds is 10. The van der Waals surface area contributed by atoms with E-state index in [1.807, 2.05) is 42.3 Å². The predicted octanol–water partition coefficient (Wildman–Crippen LogP) is 3.17. The van der Waals surface area contributed by atoms with E-state index in [9.17, 15) is 18.4 Å². The number of hydrogen-bond acceptors (Lipinski definition) is 7. The number of halogens is 2. The first kappa shape index (κ1) is 24.2. The lowest BCUT2D eigenvalue weighted by atomic mass is 9.85. The van der Waals surface area contributed by atoms with Gasteiger partial charge in [-0.25, -0.2) is 4.98 Å². The zero-order chi connectivity index (χ0) is 23.0. The van der Waals surface area contributed by atoms with Crippen molar-refractivity contribution in [1.82, 2.24) is 9.88 Å². The number of hydrogen-bond donors (Lipinski definition) is 0. The maximum absolute atomic E-state index is 12.7. The zero-order valence-electron chi connectivity index (χ0n) is 17.9. The fraction of sp³-hybridized carbons (Fsp3) is 0.409. The molecule has 0 fully saturated rings. The number of benzene rings is 1. The number of nitrogens with zero attached hydrogens (tertiary/aromatic N) is 2. The van der Waals surface area contributed by atoms with Crippen LogP contribution in [0.15, 0.2) is 42.5 Å². The molecule has 0 aliphatic heterocycles. The molecule has 0 saturated carbocycles. The van der Waals surface area contributed by atoms with Crippen LogP contribution >= 0.6 is 0 Å². The summed E-state index contributed by atoms with van der Waals surface area (Å²) in [6, 6.07) is 12.6. The number of esters is 2. The smallest absolute Gasteiger partial charge is 0.388 e. The van der Waals surface area contributed by atoms with Crippen LogP contribution < -0.4 is 4.74 Å². The molecule has 0 radical (unpaired) electrons. The minimum atomic E-state index is -3.06. The van der Waals surface area contributed by atoms with Gasteiger partial charge in [-0.1, -0.05) is 30.3 Å². The van der Waals surface area contributed by atoms with Crippen molar-refractivity contribution in [2.75, 3.05) is 27.8 Å². The van der Waals surface area contributed by atoms with Crippen LogP contribution in [0, 0.1) is 12.8 Å². The van der Waals surface area contributed by atoms with Crippen LogP contribution in [0.25, 0.3) is 0 Å². The molecule has 0 saturated heterocycles. The third kappa shape index (κ3) is 6.99. The monoisotopic (exact) mass is 436 g/mol. The van der Waals surface area contributed by atoms with Gasteiger partial charge in [-0.3, -0.25) is 9.59 Å². The molecule has 2 rings (SSSR count). The molecular weight excluding hydrogens is 410 g/mol. The average molecular weight is 436 g/mol. The van der Waals surface area contributed by atoms with Gasteiger partial charge >= 0.3 is 18.6 Å². The van der Waals surface area contributed by atoms with Crippen molar-refractivity contribution in [3.8, 4) is 5.88 Å². The molecule has 0 unspecified atom stereocenters. The van der Waals surface area contributed by atoms with E-state index in [2.05, 4.69) is 9.72 Å². The van der Waals surface area contributed by atoms with Gasteiger partial charge in [-0.15, -0.1) is 0 Å². The Kier molecular flexibility index (Phi) is 8.87. The van der Waals surface area contributed by atoms with Crippen LogP contribution in [0.5, 0.6) is 5.88 Å². The molecular formula is C22H26F2N2O5. The topological polar surface area (TPSA) is 78.0 Å². The van der Waals surface area contributed by atoms with Crippen molar-refractivity contribution >= 4 is 11.9 Å². The number of aryl methyl sites for hydroxylation is 1. The van der Waals surface area contributed by atoms with Crippen LogP contribution in [0.1, 0.15) is 22.7 Å². The number of methoxy groups -OCH3 is 2. The summed E-state index contributed by atoms with van der Waals surface area (Å²) in [6.45, 7) is -0.672. The van der Waals surface area contributed by atoms with Crippen molar-refractivity contribution in [2.45, 2.75) is 26.0 Å². The minimum Gasteiger partial charge on any atom is -0.468 e. The molecule has 168 valence electrons. The number of pyridine rings is 1. The quantitative estimate of drug-likeness (QED) is 0.418. The van der Waals surface area contributed by atoms with Gasteiger partial charge in [0.05, 0.1) is 14.2 Å². The summed E-state index contributed by atoms with van der Waals surface area (Å²) < 4.78 is 39.6. The zero-order valence-corrected chi connectivity index (χ0v) is 17.9. The summed E-state index contributed by atoms with van der Waals surface area (Å²) >= 11 is 0. The van der Waals surface area contributed by atoms with E-state index in [0.29, 0.717) is 17.8 Å². The van der Waals surface area contributed by atoms with E-state index < -0.39 is 30.4 Å². The van der Waals surface area contributed by atoms with Gasteiger partial charge in [0.25, 0.3) is 0 Å². The second kappa shape index (κ2) is 11.4. The molecule has 9 heteroatoms. The molecule has 0 aliphatic carbocycles. The fourth-order valence-corrected chi connectivity index (χ4v) is 3.41. The second-order valence-electron chi connectivity index (χ2n) is 7.07. The Bertz CT molecular complexity index is 863. The molecule has 31 heavy (non-hydrogen) atoms. The van der Waals surface area contributed by atoms with Crippen LogP contribution in [0.2, 0.25) is 0 Å². The third-order valence-electron chi connectivity index (χ3n) is 4.71. The molecule has 0 spiro atoms. The molecule has 2 aromatic rings. The Labute approximate surface area is 179 Å². The maximum Gasteiger partial charge on any atom is 0.388 e. The van der Waals surface area contributed by atoms with E-state index in [1.54, 1.807) is 13.0 Å². The highest BCUT2D eigenvalue weighted by Crippen LogP contribution is 2.31. The Hall–Kier alpha value is -3.07. The Morgan fingerprint density at radius 2 is 1.68 bits per heavy atom. The minimum absolute atomic E-state index is 0.237. The lowest BCUT2D eigenvalue weighted by Gasteiger charge is -2.29. The van der Waals surface area contributed by atoms with Crippen molar-refractivity contribution in [3.05, 3.63) is 59.3 Å². The Morgan fingerprint density at radius 1 is 1.06 bits per heavy atom. The van der Waals surface area contributed by atoms with Gasteiger partial charge in [0, 0.05) is 30.8 Å². The highest BCUT2D eigenvalue weighted by molar-refractivity contribution is 5.96. The van der Waals surface area contributed by atoms with Gasteiger partial charge in [0.1, 0.15) is 0 Å². The number of alkyl halides is 2. The lowest BCUT2D eigenvalue weighted by Crippen LogP contribution is -2.38. The largest absolute Gasteiger partial charge is 0.468 e. The van der Waals surface area contributed by atoms with Crippen molar-refractivity contribution in [1.29, 1.82) is 0 Å². The van der Waals surface area contributed by atoms with E-state index in [4.69, 9.17) is 9.47 Å². The first-order valence-electron chi connectivity index (χ1n) is 9.56. The summed E-state index contributed by atoms with van der Waals surface area (Å²) in [7, 11) is 4.18.